The minimum Gasteiger partial charge on any atom is -0.497 e. The van der Waals surface area contributed by atoms with Gasteiger partial charge in [0, 0.05) is 35.8 Å². The van der Waals surface area contributed by atoms with Crippen LogP contribution in [0.3, 0.4) is 0 Å². The van der Waals surface area contributed by atoms with E-state index in [0.717, 1.165) is 36.7 Å². The molecular weight excluding hydrogens is 290 g/mol. The summed E-state index contributed by atoms with van der Waals surface area (Å²) in [7, 11) is 1.72. The Morgan fingerprint density at radius 1 is 1.27 bits per heavy atom. The number of nitrogens with zero attached hydrogens (tertiary/aromatic N) is 1. The summed E-state index contributed by atoms with van der Waals surface area (Å²) in [4.78, 5) is 3.83. The Kier molecular flexibility index (Phi) is 4.72. The second-order valence-corrected chi connectivity index (χ2v) is 6.51. The average molecular weight is 309 g/mol. The Hall–Kier alpha value is -1.89. The summed E-state index contributed by atoms with van der Waals surface area (Å²) < 4.78 is 5.35. The Balaban J connectivity index is 1.78. The highest BCUT2D eigenvalue weighted by Crippen LogP contribution is 2.30. The van der Waals surface area contributed by atoms with Crippen LogP contribution in [-0.2, 0) is 13.1 Å². The molecule has 0 aliphatic carbocycles. The standard InChI is InChI=1S/C19H19NOS/c1-3-15-5-4-6-16(11-15)13-20-9-10-22-19-8-7-18(21-2)12-17(19)14-20/h1,4-8,11-12H,9-10,13-14H2,2H3. The third-order valence-corrected chi connectivity index (χ3v) is 4.92. The molecule has 0 radical (unpaired) electrons. The molecule has 0 bridgehead atoms. The molecule has 2 aromatic carbocycles. The van der Waals surface area contributed by atoms with E-state index in [9.17, 15) is 0 Å². The predicted molar refractivity (Wildman–Crippen MR) is 92.2 cm³/mol. The van der Waals surface area contributed by atoms with E-state index in [1.807, 2.05) is 30.0 Å². The number of terminal acetylenes is 1. The molecule has 1 heterocycles. The lowest BCUT2D eigenvalue weighted by Gasteiger charge is -2.20. The quantitative estimate of drug-likeness (QED) is 0.801. The van der Waals surface area contributed by atoms with Crippen LogP contribution >= 0.6 is 11.8 Å². The maximum atomic E-state index is 5.49. The van der Waals surface area contributed by atoms with Crippen molar-refractivity contribution in [2.75, 3.05) is 19.4 Å². The number of hydrogen-bond donors (Lipinski definition) is 0. The SMILES string of the molecule is C#Cc1cccc(CN2CCSc3ccc(OC)cc3C2)c1. The van der Waals surface area contributed by atoms with Crippen LogP contribution in [-0.4, -0.2) is 24.3 Å². The molecule has 0 aromatic heterocycles. The molecule has 0 saturated heterocycles. The molecule has 0 atom stereocenters. The van der Waals surface area contributed by atoms with Crippen molar-refractivity contribution in [3.8, 4) is 18.1 Å². The lowest BCUT2D eigenvalue weighted by molar-refractivity contribution is 0.274. The summed E-state index contributed by atoms with van der Waals surface area (Å²) in [6, 6.07) is 14.6. The first kappa shape index (κ1) is 15.0. The van der Waals surface area contributed by atoms with Crippen LogP contribution < -0.4 is 4.74 Å². The minimum absolute atomic E-state index is 0.923. The summed E-state index contributed by atoms with van der Waals surface area (Å²) in [6.07, 6.45) is 5.49. The van der Waals surface area contributed by atoms with Gasteiger partial charge in [-0.05, 0) is 41.5 Å². The van der Waals surface area contributed by atoms with Gasteiger partial charge in [-0.25, -0.2) is 0 Å². The largest absolute Gasteiger partial charge is 0.497 e. The molecule has 2 nitrogen and oxygen atoms in total. The highest BCUT2D eigenvalue weighted by Gasteiger charge is 2.15. The lowest BCUT2D eigenvalue weighted by Crippen LogP contribution is -2.24. The number of fused-ring (bicyclic) bond motifs is 1. The highest BCUT2D eigenvalue weighted by atomic mass is 32.2. The molecule has 0 amide bonds. The van der Waals surface area contributed by atoms with Crippen molar-refractivity contribution >= 4 is 11.8 Å². The van der Waals surface area contributed by atoms with Crippen molar-refractivity contribution < 1.29 is 4.74 Å². The van der Waals surface area contributed by atoms with Crippen LogP contribution in [0.1, 0.15) is 16.7 Å². The Morgan fingerprint density at radius 2 is 2.18 bits per heavy atom. The van der Waals surface area contributed by atoms with Crippen LogP contribution in [0, 0.1) is 12.3 Å². The van der Waals surface area contributed by atoms with Gasteiger partial charge in [0.15, 0.2) is 0 Å². The zero-order valence-electron chi connectivity index (χ0n) is 12.7. The fourth-order valence-electron chi connectivity index (χ4n) is 2.70. The number of methoxy groups -OCH3 is 1. The van der Waals surface area contributed by atoms with Gasteiger partial charge in [0.1, 0.15) is 5.75 Å². The van der Waals surface area contributed by atoms with Gasteiger partial charge >= 0.3 is 0 Å². The van der Waals surface area contributed by atoms with Crippen molar-refractivity contribution in [1.82, 2.24) is 4.90 Å². The summed E-state index contributed by atoms with van der Waals surface area (Å²) in [5.74, 6) is 4.74. The second kappa shape index (κ2) is 6.91. The fraction of sp³-hybridized carbons (Fsp3) is 0.263. The van der Waals surface area contributed by atoms with Gasteiger partial charge in [-0.15, -0.1) is 18.2 Å². The van der Waals surface area contributed by atoms with Crippen LogP contribution in [0.2, 0.25) is 0 Å². The van der Waals surface area contributed by atoms with Gasteiger partial charge in [0.05, 0.1) is 7.11 Å². The lowest BCUT2D eigenvalue weighted by atomic mass is 10.1. The molecule has 0 N–H and O–H groups in total. The molecule has 3 rings (SSSR count). The second-order valence-electron chi connectivity index (χ2n) is 5.38. The Labute approximate surface area is 136 Å². The smallest absolute Gasteiger partial charge is 0.119 e. The van der Waals surface area contributed by atoms with E-state index < -0.39 is 0 Å². The van der Waals surface area contributed by atoms with Crippen molar-refractivity contribution in [2.45, 2.75) is 18.0 Å². The van der Waals surface area contributed by atoms with Gasteiger partial charge in [0.2, 0.25) is 0 Å². The van der Waals surface area contributed by atoms with Crippen molar-refractivity contribution in [2.24, 2.45) is 0 Å². The van der Waals surface area contributed by atoms with Crippen LogP contribution in [0.25, 0.3) is 0 Å². The fourth-order valence-corrected chi connectivity index (χ4v) is 3.75. The highest BCUT2D eigenvalue weighted by molar-refractivity contribution is 7.99. The Bertz CT molecular complexity index is 705. The average Bonchev–Trinajstić information content (AvgIpc) is 2.75. The molecular formula is C19H19NOS. The van der Waals surface area contributed by atoms with Crippen molar-refractivity contribution in [1.29, 1.82) is 0 Å². The minimum atomic E-state index is 0.923. The summed E-state index contributed by atoms with van der Waals surface area (Å²) in [5, 5.41) is 0. The molecule has 22 heavy (non-hydrogen) atoms. The zero-order chi connectivity index (χ0) is 15.4. The van der Waals surface area contributed by atoms with E-state index in [1.54, 1.807) is 7.11 Å². The van der Waals surface area contributed by atoms with Crippen LogP contribution in [0.15, 0.2) is 47.4 Å². The summed E-state index contributed by atoms with van der Waals surface area (Å²) >= 11 is 1.92. The molecule has 1 aliphatic rings. The van der Waals surface area contributed by atoms with Gasteiger partial charge in [-0.3, -0.25) is 4.90 Å². The first-order valence-corrected chi connectivity index (χ1v) is 8.34. The van der Waals surface area contributed by atoms with Crippen molar-refractivity contribution in [3.63, 3.8) is 0 Å². The van der Waals surface area contributed by atoms with E-state index in [4.69, 9.17) is 11.2 Å². The normalized spacial score (nSPS) is 14.7. The molecule has 0 fully saturated rings. The zero-order valence-corrected chi connectivity index (χ0v) is 13.5. The van der Waals surface area contributed by atoms with Gasteiger partial charge < -0.3 is 4.74 Å². The predicted octanol–water partition coefficient (Wildman–Crippen LogP) is 3.78. The molecule has 0 saturated carbocycles. The summed E-state index contributed by atoms with van der Waals surface area (Å²) in [5.41, 5.74) is 3.56. The third kappa shape index (κ3) is 3.47. The maximum absolute atomic E-state index is 5.49. The van der Waals surface area contributed by atoms with Gasteiger partial charge in [-0.2, -0.15) is 0 Å². The number of benzene rings is 2. The van der Waals surface area contributed by atoms with Crippen LogP contribution in [0.4, 0.5) is 0 Å². The third-order valence-electron chi connectivity index (χ3n) is 3.83. The van der Waals surface area contributed by atoms with Crippen molar-refractivity contribution in [3.05, 3.63) is 59.2 Å². The van der Waals surface area contributed by atoms with E-state index in [2.05, 4.69) is 35.1 Å². The van der Waals surface area contributed by atoms with E-state index in [1.165, 1.54) is 16.0 Å². The number of ether oxygens (including phenoxy) is 1. The number of rotatable bonds is 3. The Morgan fingerprint density at radius 3 is 3.00 bits per heavy atom. The summed E-state index contributed by atoms with van der Waals surface area (Å²) in [6.45, 7) is 2.94. The molecule has 112 valence electrons. The molecule has 0 unspecified atom stereocenters. The topological polar surface area (TPSA) is 12.5 Å². The molecule has 0 spiro atoms. The molecule has 1 aliphatic heterocycles. The number of hydrogen-bond acceptors (Lipinski definition) is 3. The van der Waals surface area contributed by atoms with E-state index in [-0.39, 0.29) is 0 Å². The molecule has 2 aromatic rings. The number of thioether (sulfide) groups is 1. The first-order valence-electron chi connectivity index (χ1n) is 7.36. The van der Waals surface area contributed by atoms with E-state index >= 15 is 0 Å². The van der Waals surface area contributed by atoms with E-state index in [0.29, 0.717) is 0 Å². The van der Waals surface area contributed by atoms with Gasteiger partial charge in [-0.1, -0.05) is 18.1 Å². The monoisotopic (exact) mass is 309 g/mol. The van der Waals surface area contributed by atoms with Gasteiger partial charge in [0.25, 0.3) is 0 Å². The maximum Gasteiger partial charge on any atom is 0.119 e. The van der Waals surface area contributed by atoms with Crippen LogP contribution in [0.5, 0.6) is 5.75 Å². The first-order chi connectivity index (χ1) is 10.8. The molecule has 3 heteroatoms.